The summed E-state index contributed by atoms with van der Waals surface area (Å²) in [7, 11) is 0. The minimum Gasteiger partial charge on any atom is -0.494 e. The van der Waals surface area contributed by atoms with E-state index >= 15 is 0 Å². The van der Waals surface area contributed by atoms with Crippen LogP contribution in [0.1, 0.15) is 57.1 Å². The van der Waals surface area contributed by atoms with Crippen molar-refractivity contribution in [1.29, 1.82) is 5.26 Å². The predicted octanol–water partition coefficient (Wildman–Crippen LogP) is 7.63. The summed E-state index contributed by atoms with van der Waals surface area (Å²) in [5.41, 5.74) is 2.30. The monoisotopic (exact) mass is 413 g/mol. The molecule has 0 aromatic heterocycles. The summed E-state index contributed by atoms with van der Waals surface area (Å²) < 4.78 is 11.5. The van der Waals surface area contributed by atoms with Crippen molar-refractivity contribution in [2.75, 3.05) is 6.61 Å². The zero-order valence-electron chi connectivity index (χ0n) is 18.7. The molecule has 160 valence electrons. The molecular weight excluding hydrogens is 382 g/mol. The highest BCUT2D eigenvalue weighted by Crippen LogP contribution is 2.37. The van der Waals surface area contributed by atoms with Crippen LogP contribution in [0.3, 0.4) is 0 Å². The van der Waals surface area contributed by atoms with E-state index in [4.69, 9.17) is 9.47 Å². The van der Waals surface area contributed by atoms with E-state index in [2.05, 4.69) is 32.0 Å². The standard InChI is InChI=1S/C28H31NO2/c1-4-28(3,24-14-16-25(17-15-24)30-5-2)19-18-23(21-29)22-10-9-13-27(20-22)31-26-11-7-6-8-12-26/h6-17,20,23H,4-5,18-19H2,1-3H3. The largest absolute Gasteiger partial charge is 0.494 e. The highest BCUT2D eigenvalue weighted by atomic mass is 16.5. The molecule has 0 spiro atoms. The molecule has 0 saturated heterocycles. The maximum Gasteiger partial charge on any atom is 0.127 e. The Morgan fingerprint density at radius 3 is 2.23 bits per heavy atom. The normalized spacial score (nSPS) is 13.6. The molecule has 3 aromatic carbocycles. The molecular formula is C28H31NO2. The summed E-state index contributed by atoms with van der Waals surface area (Å²) in [6.45, 7) is 7.16. The number of benzene rings is 3. The van der Waals surface area contributed by atoms with Crippen LogP contribution in [0, 0.1) is 11.3 Å². The second-order valence-electron chi connectivity index (χ2n) is 8.08. The zero-order chi connectivity index (χ0) is 22.1. The molecule has 3 heteroatoms. The molecule has 0 heterocycles. The first kappa shape index (κ1) is 22.4. The van der Waals surface area contributed by atoms with E-state index < -0.39 is 0 Å². The quantitative estimate of drug-likeness (QED) is 0.343. The molecule has 0 saturated carbocycles. The van der Waals surface area contributed by atoms with E-state index in [0.717, 1.165) is 42.1 Å². The first-order chi connectivity index (χ1) is 15.1. The number of nitrogens with zero attached hydrogens (tertiary/aromatic N) is 1. The van der Waals surface area contributed by atoms with Crippen LogP contribution in [-0.4, -0.2) is 6.61 Å². The summed E-state index contributed by atoms with van der Waals surface area (Å²) in [6.07, 6.45) is 2.73. The van der Waals surface area contributed by atoms with Crippen LogP contribution in [0.25, 0.3) is 0 Å². The van der Waals surface area contributed by atoms with Gasteiger partial charge in [-0.2, -0.15) is 5.26 Å². The predicted molar refractivity (Wildman–Crippen MR) is 126 cm³/mol. The van der Waals surface area contributed by atoms with Gasteiger partial charge in [0.15, 0.2) is 0 Å². The summed E-state index contributed by atoms with van der Waals surface area (Å²) in [5.74, 6) is 2.28. The van der Waals surface area contributed by atoms with Gasteiger partial charge in [-0.15, -0.1) is 0 Å². The fourth-order valence-electron chi connectivity index (χ4n) is 3.83. The first-order valence-corrected chi connectivity index (χ1v) is 11.0. The number of nitriles is 1. The third-order valence-electron chi connectivity index (χ3n) is 6.02. The van der Waals surface area contributed by atoms with E-state index in [1.54, 1.807) is 0 Å². The molecule has 0 aliphatic rings. The molecule has 2 unspecified atom stereocenters. The highest BCUT2D eigenvalue weighted by molar-refractivity contribution is 5.37. The number of rotatable bonds is 10. The average molecular weight is 414 g/mol. The second-order valence-corrected chi connectivity index (χ2v) is 8.08. The lowest BCUT2D eigenvalue weighted by Crippen LogP contribution is -2.21. The maximum absolute atomic E-state index is 9.89. The molecule has 2 atom stereocenters. The van der Waals surface area contributed by atoms with Gasteiger partial charge in [0, 0.05) is 0 Å². The molecule has 0 radical (unpaired) electrons. The number of para-hydroxylation sites is 1. The summed E-state index contributed by atoms with van der Waals surface area (Å²) in [6, 6.07) is 28.5. The number of ether oxygens (including phenoxy) is 2. The van der Waals surface area contributed by atoms with Gasteiger partial charge in [-0.1, -0.05) is 56.3 Å². The van der Waals surface area contributed by atoms with Crippen LogP contribution in [-0.2, 0) is 5.41 Å². The van der Waals surface area contributed by atoms with E-state index in [-0.39, 0.29) is 11.3 Å². The lowest BCUT2D eigenvalue weighted by atomic mass is 9.74. The van der Waals surface area contributed by atoms with E-state index in [1.807, 2.05) is 73.7 Å². The molecule has 3 rings (SSSR count). The number of hydrogen-bond donors (Lipinski definition) is 0. The fraction of sp³-hybridized carbons (Fsp3) is 0.321. The van der Waals surface area contributed by atoms with E-state index in [1.165, 1.54) is 5.56 Å². The molecule has 0 amide bonds. The molecule has 0 aliphatic heterocycles. The van der Waals surface area contributed by atoms with Crippen molar-refractivity contribution < 1.29 is 9.47 Å². The van der Waals surface area contributed by atoms with Gasteiger partial charge in [0.25, 0.3) is 0 Å². The molecule has 0 bridgehead atoms. The van der Waals surface area contributed by atoms with Gasteiger partial charge in [0.05, 0.1) is 18.6 Å². The Labute approximate surface area is 186 Å². The SMILES string of the molecule is CCOc1ccc(C(C)(CC)CCC(C#N)c2cccc(Oc3ccccc3)c2)cc1. The van der Waals surface area contributed by atoms with Crippen LogP contribution in [0.5, 0.6) is 17.2 Å². The molecule has 3 nitrogen and oxygen atoms in total. The lowest BCUT2D eigenvalue weighted by Gasteiger charge is -2.30. The topological polar surface area (TPSA) is 42.2 Å². The summed E-state index contributed by atoms with van der Waals surface area (Å²) in [5, 5.41) is 9.89. The molecule has 0 N–H and O–H groups in total. The average Bonchev–Trinajstić information content (AvgIpc) is 2.81. The van der Waals surface area contributed by atoms with Gasteiger partial charge in [0.2, 0.25) is 0 Å². The molecule has 0 aliphatic carbocycles. The Balaban J connectivity index is 1.71. The molecule has 0 fully saturated rings. The Kier molecular flexibility index (Phi) is 7.73. The van der Waals surface area contributed by atoms with Crippen molar-refractivity contribution in [3.05, 3.63) is 90.0 Å². The van der Waals surface area contributed by atoms with Gasteiger partial charge in [-0.3, -0.25) is 0 Å². The van der Waals surface area contributed by atoms with Crippen LogP contribution < -0.4 is 9.47 Å². The Hall–Kier alpha value is -3.25. The first-order valence-electron chi connectivity index (χ1n) is 11.0. The molecule has 31 heavy (non-hydrogen) atoms. The van der Waals surface area contributed by atoms with Crippen LogP contribution in [0.4, 0.5) is 0 Å². The Morgan fingerprint density at radius 1 is 0.871 bits per heavy atom. The Bertz CT molecular complexity index is 992. The van der Waals surface area contributed by atoms with Gasteiger partial charge >= 0.3 is 0 Å². The summed E-state index contributed by atoms with van der Waals surface area (Å²) in [4.78, 5) is 0. The van der Waals surface area contributed by atoms with E-state index in [0.29, 0.717) is 6.61 Å². The van der Waals surface area contributed by atoms with Crippen molar-refractivity contribution in [1.82, 2.24) is 0 Å². The third-order valence-corrected chi connectivity index (χ3v) is 6.02. The van der Waals surface area contributed by atoms with Crippen LogP contribution in [0.2, 0.25) is 0 Å². The van der Waals surface area contributed by atoms with Crippen LogP contribution in [0.15, 0.2) is 78.9 Å². The third kappa shape index (κ3) is 5.89. The second kappa shape index (κ2) is 10.7. The zero-order valence-corrected chi connectivity index (χ0v) is 18.7. The van der Waals surface area contributed by atoms with Crippen molar-refractivity contribution in [2.24, 2.45) is 0 Å². The minimum absolute atomic E-state index is 0.0119. The highest BCUT2D eigenvalue weighted by Gasteiger charge is 2.26. The van der Waals surface area contributed by atoms with E-state index in [9.17, 15) is 5.26 Å². The van der Waals surface area contributed by atoms with Crippen molar-refractivity contribution in [3.8, 4) is 23.3 Å². The van der Waals surface area contributed by atoms with Crippen LogP contribution >= 0.6 is 0 Å². The lowest BCUT2D eigenvalue weighted by molar-refractivity contribution is 0.339. The van der Waals surface area contributed by atoms with Crippen molar-refractivity contribution in [2.45, 2.75) is 51.4 Å². The Morgan fingerprint density at radius 2 is 1.58 bits per heavy atom. The van der Waals surface area contributed by atoms with Gasteiger partial charge in [-0.25, -0.2) is 0 Å². The molecule has 3 aromatic rings. The smallest absolute Gasteiger partial charge is 0.127 e. The fourth-order valence-corrected chi connectivity index (χ4v) is 3.83. The number of hydrogen-bond acceptors (Lipinski definition) is 3. The summed E-state index contributed by atoms with van der Waals surface area (Å²) >= 11 is 0. The minimum atomic E-state index is -0.173. The van der Waals surface area contributed by atoms with Crippen molar-refractivity contribution >= 4 is 0 Å². The van der Waals surface area contributed by atoms with Gasteiger partial charge in [-0.05, 0) is 79.1 Å². The van der Waals surface area contributed by atoms with Gasteiger partial charge in [0.1, 0.15) is 17.2 Å². The maximum atomic E-state index is 9.89. The van der Waals surface area contributed by atoms with Crippen molar-refractivity contribution in [3.63, 3.8) is 0 Å². The van der Waals surface area contributed by atoms with Gasteiger partial charge < -0.3 is 9.47 Å².